The molecule has 1 heterocycles. The minimum Gasteiger partial charge on any atom is -0.299 e. The summed E-state index contributed by atoms with van der Waals surface area (Å²) in [6.07, 6.45) is -4.68. The third-order valence-corrected chi connectivity index (χ3v) is 3.09. The van der Waals surface area contributed by atoms with E-state index in [4.69, 9.17) is 16.9 Å². The Morgan fingerprint density at radius 3 is 2.29 bits per heavy atom. The molecule has 1 aromatic heterocycles. The zero-order valence-electron chi connectivity index (χ0n) is 10.5. The van der Waals surface area contributed by atoms with Gasteiger partial charge >= 0.3 is 6.18 Å². The molecule has 0 N–H and O–H groups in total. The zero-order valence-corrected chi connectivity index (χ0v) is 11.2. The number of alkyl halides is 3. The van der Waals surface area contributed by atoms with Gasteiger partial charge in [0.1, 0.15) is 17.3 Å². The molecule has 0 aliphatic rings. The van der Waals surface area contributed by atoms with Crippen molar-refractivity contribution in [2.24, 2.45) is 0 Å². The van der Waals surface area contributed by atoms with Crippen LogP contribution in [0.1, 0.15) is 16.8 Å². The number of pyridine rings is 1. The van der Waals surface area contributed by atoms with E-state index in [2.05, 4.69) is 0 Å². The normalized spacial score (nSPS) is 11.2. The maximum absolute atomic E-state index is 13.0. The molecule has 21 heavy (non-hydrogen) atoms. The van der Waals surface area contributed by atoms with Crippen molar-refractivity contribution in [1.82, 2.24) is 4.57 Å². The highest BCUT2D eigenvalue weighted by molar-refractivity contribution is 6.30. The predicted molar refractivity (Wildman–Crippen MR) is 71.0 cm³/mol. The van der Waals surface area contributed by atoms with Crippen molar-refractivity contribution in [3.05, 3.63) is 68.6 Å². The van der Waals surface area contributed by atoms with E-state index in [-0.39, 0.29) is 12.1 Å². The number of aromatic nitrogens is 1. The van der Waals surface area contributed by atoms with E-state index in [0.29, 0.717) is 15.2 Å². The monoisotopic (exact) mass is 312 g/mol. The lowest BCUT2D eigenvalue weighted by atomic mass is 10.2. The topological polar surface area (TPSA) is 45.8 Å². The second-order valence-electron chi connectivity index (χ2n) is 4.26. The van der Waals surface area contributed by atoms with Gasteiger partial charge in [-0.15, -0.1) is 0 Å². The quantitative estimate of drug-likeness (QED) is 0.852. The molecule has 0 saturated heterocycles. The zero-order chi connectivity index (χ0) is 15.6. The number of hydrogen-bond donors (Lipinski definition) is 0. The highest BCUT2D eigenvalue weighted by Crippen LogP contribution is 2.28. The molecule has 2 rings (SSSR count). The molecule has 0 aliphatic heterocycles. The van der Waals surface area contributed by atoms with Crippen LogP contribution >= 0.6 is 11.6 Å². The average Bonchev–Trinajstić information content (AvgIpc) is 2.42. The van der Waals surface area contributed by atoms with Gasteiger partial charge in [0.15, 0.2) is 0 Å². The molecule has 1 aromatic carbocycles. The van der Waals surface area contributed by atoms with Crippen LogP contribution < -0.4 is 5.56 Å². The summed E-state index contributed by atoms with van der Waals surface area (Å²) in [7, 11) is 0. The molecule has 0 radical (unpaired) electrons. The second-order valence-corrected chi connectivity index (χ2v) is 4.70. The first-order valence-corrected chi connectivity index (χ1v) is 6.16. The Morgan fingerprint density at radius 2 is 1.76 bits per heavy atom. The molecular weight excluding hydrogens is 305 g/mol. The van der Waals surface area contributed by atoms with E-state index in [1.54, 1.807) is 6.07 Å². The van der Waals surface area contributed by atoms with E-state index in [1.807, 2.05) is 0 Å². The van der Waals surface area contributed by atoms with Crippen LogP contribution in [-0.2, 0) is 12.7 Å². The maximum Gasteiger partial charge on any atom is 0.431 e. The lowest BCUT2D eigenvalue weighted by molar-refractivity contribution is -0.144. The van der Waals surface area contributed by atoms with Crippen molar-refractivity contribution in [3.8, 4) is 6.07 Å². The van der Waals surface area contributed by atoms with Crippen LogP contribution in [0, 0.1) is 11.3 Å². The Bertz CT molecular complexity index is 758. The smallest absolute Gasteiger partial charge is 0.299 e. The molecule has 0 unspecified atom stereocenters. The summed E-state index contributed by atoms with van der Waals surface area (Å²) in [6.45, 7) is -0.291. The third-order valence-electron chi connectivity index (χ3n) is 2.84. The Kier molecular flexibility index (Phi) is 4.05. The summed E-state index contributed by atoms with van der Waals surface area (Å²) in [5.74, 6) is 0. The average molecular weight is 313 g/mol. The number of rotatable bonds is 2. The summed E-state index contributed by atoms with van der Waals surface area (Å²) in [4.78, 5) is 12.0. The van der Waals surface area contributed by atoms with Crippen LogP contribution in [0.5, 0.6) is 0 Å². The van der Waals surface area contributed by atoms with E-state index in [0.717, 1.165) is 12.1 Å². The van der Waals surface area contributed by atoms with Gasteiger partial charge in [-0.25, -0.2) is 0 Å². The Morgan fingerprint density at radius 1 is 1.14 bits per heavy atom. The summed E-state index contributed by atoms with van der Waals surface area (Å²) in [5.41, 5.74) is -1.93. The Balaban J connectivity index is 2.57. The van der Waals surface area contributed by atoms with Gasteiger partial charge in [-0.3, -0.25) is 9.36 Å². The van der Waals surface area contributed by atoms with Crippen molar-refractivity contribution in [2.45, 2.75) is 12.7 Å². The molecule has 0 fully saturated rings. The SMILES string of the molecule is N#Cc1ccc(C(F)(F)F)n(Cc2ccc(Cl)cc2)c1=O. The minimum atomic E-state index is -4.68. The highest BCUT2D eigenvalue weighted by Gasteiger charge is 2.34. The van der Waals surface area contributed by atoms with Crippen LogP contribution in [0.25, 0.3) is 0 Å². The molecule has 0 spiro atoms. The first-order chi connectivity index (χ1) is 9.82. The highest BCUT2D eigenvalue weighted by atomic mass is 35.5. The Hall–Kier alpha value is -2.26. The van der Waals surface area contributed by atoms with Crippen LogP contribution in [0.15, 0.2) is 41.2 Å². The van der Waals surface area contributed by atoms with E-state index < -0.39 is 17.4 Å². The minimum absolute atomic E-state index is 0.291. The van der Waals surface area contributed by atoms with Crippen LogP contribution in [0.4, 0.5) is 13.2 Å². The summed E-state index contributed by atoms with van der Waals surface area (Å²) < 4.78 is 39.4. The third kappa shape index (κ3) is 3.26. The standard InChI is InChI=1S/C14H8ClF3N2O/c15-11-4-1-9(2-5-11)8-20-12(14(16,17)18)6-3-10(7-19)13(20)21/h1-6H,8H2. The molecular formula is C14H8ClF3N2O. The first kappa shape index (κ1) is 15.1. The lowest BCUT2D eigenvalue weighted by Crippen LogP contribution is -2.30. The summed E-state index contributed by atoms with van der Waals surface area (Å²) in [6, 6.07) is 9.28. The first-order valence-electron chi connectivity index (χ1n) is 5.78. The van der Waals surface area contributed by atoms with Gasteiger partial charge in [0.05, 0.1) is 6.54 Å². The molecule has 7 heteroatoms. The van der Waals surface area contributed by atoms with E-state index in [9.17, 15) is 18.0 Å². The van der Waals surface area contributed by atoms with Crippen molar-refractivity contribution in [2.75, 3.05) is 0 Å². The van der Waals surface area contributed by atoms with Crippen molar-refractivity contribution >= 4 is 11.6 Å². The van der Waals surface area contributed by atoms with E-state index in [1.165, 1.54) is 24.3 Å². The molecule has 0 amide bonds. The fourth-order valence-electron chi connectivity index (χ4n) is 1.84. The molecule has 0 saturated carbocycles. The molecule has 108 valence electrons. The maximum atomic E-state index is 13.0. The largest absolute Gasteiger partial charge is 0.431 e. The second kappa shape index (κ2) is 5.62. The fraction of sp³-hybridized carbons (Fsp3) is 0.143. The van der Waals surface area contributed by atoms with Crippen LogP contribution in [0.3, 0.4) is 0 Å². The number of halogens is 4. The Labute approximate surface area is 122 Å². The molecule has 0 bridgehead atoms. The van der Waals surface area contributed by atoms with E-state index >= 15 is 0 Å². The molecule has 0 atom stereocenters. The summed E-state index contributed by atoms with van der Waals surface area (Å²) in [5, 5.41) is 9.21. The van der Waals surface area contributed by atoms with Crippen LogP contribution in [-0.4, -0.2) is 4.57 Å². The number of hydrogen-bond acceptors (Lipinski definition) is 2. The van der Waals surface area contributed by atoms with Crippen molar-refractivity contribution in [1.29, 1.82) is 5.26 Å². The fourth-order valence-corrected chi connectivity index (χ4v) is 1.97. The van der Waals surface area contributed by atoms with Crippen molar-refractivity contribution in [3.63, 3.8) is 0 Å². The van der Waals surface area contributed by atoms with Crippen LogP contribution in [0.2, 0.25) is 5.02 Å². The van der Waals surface area contributed by atoms with Crippen molar-refractivity contribution < 1.29 is 13.2 Å². The van der Waals surface area contributed by atoms with Gasteiger partial charge in [0, 0.05) is 5.02 Å². The van der Waals surface area contributed by atoms with Gasteiger partial charge in [-0.05, 0) is 29.8 Å². The molecule has 3 nitrogen and oxygen atoms in total. The number of benzene rings is 1. The van der Waals surface area contributed by atoms with Gasteiger partial charge < -0.3 is 0 Å². The molecule has 0 aliphatic carbocycles. The number of nitriles is 1. The van der Waals surface area contributed by atoms with Gasteiger partial charge in [-0.2, -0.15) is 18.4 Å². The lowest BCUT2D eigenvalue weighted by Gasteiger charge is -2.15. The molecule has 2 aromatic rings. The summed E-state index contributed by atoms with van der Waals surface area (Å²) >= 11 is 5.71. The van der Waals surface area contributed by atoms with Gasteiger partial charge in [0.2, 0.25) is 0 Å². The van der Waals surface area contributed by atoms with Gasteiger partial charge in [0.25, 0.3) is 5.56 Å². The predicted octanol–water partition coefficient (Wildman–Crippen LogP) is 3.44. The van der Waals surface area contributed by atoms with Gasteiger partial charge in [-0.1, -0.05) is 23.7 Å². The number of nitrogens with zero attached hydrogens (tertiary/aromatic N) is 2.